The summed E-state index contributed by atoms with van der Waals surface area (Å²) in [5.74, 6) is 4.65. The number of aromatic nitrogens is 4. The molecule has 187 valence electrons. The maximum atomic E-state index is 14.8. The molecule has 10 nitrogen and oxygen atoms in total. The molecule has 3 heterocycles. The fourth-order valence-electron chi connectivity index (χ4n) is 4.39. The van der Waals surface area contributed by atoms with E-state index in [-0.39, 0.29) is 28.8 Å². The number of nitrogens with one attached hydrogen (secondary N) is 1. The van der Waals surface area contributed by atoms with Gasteiger partial charge in [0.25, 0.3) is 5.91 Å². The summed E-state index contributed by atoms with van der Waals surface area (Å²) in [5.41, 5.74) is 7.38. The average molecular weight is 509 g/mol. The smallest absolute Gasteiger partial charge is 0.255 e. The van der Waals surface area contributed by atoms with E-state index in [0.717, 1.165) is 0 Å². The number of carbonyl (C=O) groups is 2. The Morgan fingerprint density at radius 1 is 1.42 bits per heavy atom. The summed E-state index contributed by atoms with van der Waals surface area (Å²) in [5, 5.41) is 7.61. The minimum Gasteiger partial charge on any atom is -0.383 e. The molecule has 0 aliphatic carbocycles. The number of hydrogen-bond acceptors (Lipinski definition) is 6. The molecule has 2 amide bonds. The Morgan fingerprint density at radius 3 is 2.83 bits per heavy atom. The number of aryl methyl sites for hydroxylation is 1. The molecular weight excluding hydrogens is 481 g/mol. The zero-order valence-electron chi connectivity index (χ0n) is 20.3. The normalized spacial score (nSPS) is 15.7. The predicted octanol–water partition coefficient (Wildman–Crippen LogP) is 1.35. The SMILES string of the molecule is C=CC(=O)N1C[Si](n2nc(C#Cc3cc4ncn(CC)c4cc3F)c(C(N)=O)c2NC)C[C@@H]1COC. The summed E-state index contributed by atoms with van der Waals surface area (Å²) in [6.07, 6.45) is 3.36. The third-order valence-corrected chi connectivity index (χ3v) is 8.69. The Labute approximate surface area is 209 Å². The lowest BCUT2D eigenvalue weighted by atomic mass is 10.1. The van der Waals surface area contributed by atoms with Gasteiger partial charge in [-0.2, -0.15) is 5.10 Å². The standard InChI is InChI=1S/C24H27FN7O3Si/c1-5-21(33)31-14-36(12-16(31)11-35-4)32-24(27-3)22(23(26)34)18(29-32)8-7-15-9-19-20(10-17(15)25)30(6-2)13-28-19/h5,9-10,13,16,27H,1,6,11-12,14H2,2-4H3,(H2,26,34)/t16-/m0/s1. The van der Waals surface area contributed by atoms with Crippen molar-refractivity contribution in [3.8, 4) is 11.8 Å². The molecule has 1 atom stereocenters. The molecule has 3 aromatic rings. The number of nitrogens with two attached hydrogens (primary N) is 1. The van der Waals surface area contributed by atoms with Crippen LogP contribution in [0.25, 0.3) is 11.0 Å². The molecule has 1 aliphatic rings. The van der Waals surface area contributed by atoms with Crippen LogP contribution in [-0.2, 0) is 16.1 Å². The van der Waals surface area contributed by atoms with E-state index in [0.29, 0.717) is 42.2 Å². The van der Waals surface area contributed by atoms with Crippen LogP contribution in [0.2, 0.25) is 6.04 Å². The number of hydrogen-bond donors (Lipinski definition) is 2. The molecule has 0 unspecified atom stereocenters. The van der Waals surface area contributed by atoms with Gasteiger partial charge in [-0.25, -0.2) is 9.37 Å². The van der Waals surface area contributed by atoms with Crippen LogP contribution in [0.4, 0.5) is 10.2 Å². The number of primary amides is 1. The van der Waals surface area contributed by atoms with E-state index in [4.69, 9.17) is 10.5 Å². The lowest BCUT2D eigenvalue weighted by Gasteiger charge is -2.22. The highest BCUT2D eigenvalue weighted by Crippen LogP contribution is 2.26. The van der Waals surface area contributed by atoms with Crippen LogP contribution in [0.15, 0.2) is 31.1 Å². The summed E-state index contributed by atoms with van der Waals surface area (Å²) in [6, 6.07) is 3.47. The van der Waals surface area contributed by atoms with E-state index in [9.17, 15) is 14.0 Å². The number of benzene rings is 1. The van der Waals surface area contributed by atoms with Crippen LogP contribution in [0, 0.1) is 17.7 Å². The Morgan fingerprint density at radius 2 is 2.19 bits per heavy atom. The molecule has 1 saturated heterocycles. The zero-order chi connectivity index (χ0) is 26.0. The lowest BCUT2D eigenvalue weighted by molar-refractivity contribution is -0.127. The second-order valence-corrected chi connectivity index (χ2v) is 10.5. The topological polar surface area (TPSA) is 120 Å². The van der Waals surface area contributed by atoms with E-state index in [1.54, 1.807) is 35.8 Å². The van der Waals surface area contributed by atoms with E-state index >= 15 is 0 Å². The highest BCUT2D eigenvalue weighted by Gasteiger charge is 2.39. The molecule has 2 aromatic heterocycles. The first-order chi connectivity index (χ1) is 17.3. The Balaban J connectivity index is 1.75. The van der Waals surface area contributed by atoms with Gasteiger partial charge in [0.2, 0.25) is 14.9 Å². The molecule has 4 rings (SSSR count). The van der Waals surface area contributed by atoms with Gasteiger partial charge in [0.1, 0.15) is 22.9 Å². The van der Waals surface area contributed by atoms with Gasteiger partial charge >= 0.3 is 0 Å². The predicted molar refractivity (Wildman–Crippen MR) is 135 cm³/mol. The molecule has 1 aromatic carbocycles. The number of nitrogens with zero attached hydrogens (tertiary/aromatic N) is 5. The monoisotopic (exact) mass is 508 g/mol. The first-order valence-electron chi connectivity index (χ1n) is 11.4. The highest BCUT2D eigenvalue weighted by atomic mass is 28.3. The number of rotatable bonds is 7. The molecule has 36 heavy (non-hydrogen) atoms. The van der Waals surface area contributed by atoms with Crippen LogP contribution in [0.3, 0.4) is 0 Å². The second kappa shape index (κ2) is 10.3. The third kappa shape index (κ3) is 4.50. The first-order valence-corrected chi connectivity index (χ1v) is 13.2. The van der Waals surface area contributed by atoms with E-state index < -0.39 is 20.7 Å². The minimum absolute atomic E-state index is 0.121. The first kappa shape index (κ1) is 25.1. The quantitative estimate of drug-likeness (QED) is 0.282. The average Bonchev–Trinajstić information content (AvgIpc) is 3.56. The molecule has 0 bridgehead atoms. The number of imidazole rings is 1. The van der Waals surface area contributed by atoms with Crippen molar-refractivity contribution >= 4 is 37.6 Å². The van der Waals surface area contributed by atoms with Crippen LogP contribution < -0.4 is 11.1 Å². The van der Waals surface area contributed by atoms with Crippen LogP contribution in [0.5, 0.6) is 0 Å². The Hall–Kier alpha value is -3.95. The number of anilines is 1. The van der Waals surface area contributed by atoms with E-state index in [2.05, 4.69) is 33.8 Å². The van der Waals surface area contributed by atoms with Gasteiger partial charge in [0, 0.05) is 32.9 Å². The van der Waals surface area contributed by atoms with Crippen LogP contribution >= 0.6 is 0 Å². The van der Waals surface area contributed by atoms with Gasteiger partial charge in [0.15, 0.2) is 0 Å². The number of amides is 2. The van der Waals surface area contributed by atoms with Crippen molar-refractivity contribution in [3.63, 3.8) is 0 Å². The molecule has 3 N–H and O–H groups in total. The lowest BCUT2D eigenvalue weighted by Crippen LogP contribution is -2.38. The van der Waals surface area contributed by atoms with E-state index in [1.807, 2.05) is 11.5 Å². The summed E-state index contributed by atoms with van der Waals surface area (Å²) in [6.45, 7) is 6.57. The third-order valence-electron chi connectivity index (χ3n) is 6.12. The van der Waals surface area contributed by atoms with Crippen molar-refractivity contribution in [2.75, 3.05) is 32.2 Å². The van der Waals surface area contributed by atoms with Gasteiger partial charge in [-0.1, -0.05) is 12.5 Å². The van der Waals surface area contributed by atoms with Gasteiger partial charge in [0.05, 0.1) is 35.6 Å². The second-order valence-electron chi connectivity index (χ2n) is 8.25. The molecule has 0 saturated carbocycles. The van der Waals surface area contributed by atoms with Crippen molar-refractivity contribution in [2.45, 2.75) is 25.6 Å². The van der Waals surface area contributed by atoms with Crippen LogP contribution in [-0.4, -0.2) is 77.6 Å². The number of fused-ring (bicyclic) bond motifs is 1. The summed E-state index contributed by atoms with van der Waals surface area (Å²) < 4.78 is 23.7. The summed E-state index contributed by atoms with van der Waals surface area (Å²) in [7, 11) is 1.74. The van der Waals surface area contributed by atoms with Crippen molar-refractivity contribution in [3.05, 3.63) is 53.8 Å². The molecule has 12 heteroatoms. The van der Waals surface area contributed by atoms with Crippen molar-refractivity contribution in [2.24, 2.45) is 5.73 Å². The van der Waals surface area contributed by atoms with Crippen molar-refractivity contribution in [1.29, 1.82) is 0 Å². The Kier molecular flexibility index (Phi) is 7.23. The maximum Gasteiger partial charge on any atom is 0.255 e. The molecule has 1 radical (unpaired) electrons. The fourth-order valence-corrected chi connectivity index (χ4v) is 7.30. The molecule has 1 aliphatic heterocycles. The number of carbonyl (C=O) groups excluding carboxylic acids is 2. The van der Waals surface area contributed by atoms with Gasteiger partial charge in [-0.05, 0) is 31.0 Å². The molecular formula is C24H27FN7O3Si. The fraction of sp³-hybridized carbons (Fsp3) is 0.333. The van der Waals surface area contributed by atoms with Gasteiger partial charge in [-0.3, -0.25) is 13.9 Å². The minimum atomic E-state index is -1.50. The summed E-state index contributed by atoms with van der Waals surface area (Å²) >= 11 is 0. The Bertz CT molecular complexity index is 1400. The highest BCUT2D eigenvalue weighted by molar-refractivity contribution is 6.59. The van der Waals surface area contributed by atoms with Gasteiger partial charge < -0.3 is 25.3 Å². The maximum absolute atomic E-state index is 14.8. The number of ether oxygens (including phenoxy) is 1. The largest absolute Gasteiger partial charge is 0.383 e. The number of methoxy groups -OCH3 is 1. The van der Waals surface area contributed by atoms with Crippen molar-refractivity contribution in [1.82, 2.24) is 23.9 Å². The van der Waals surface area contributed by atoms with Crippen molar-refractivity contribution < 1.29 is 18.7 Å². The van der Waals surface area contributed by atoms with Gasteiger partial charge in [-0.15, -0.1) is 0 Å². The van der Waals surface area contributed by atoms with E-state index in [1.165, 1.54) is 12.1 Å². The van der Waals surface area contributed by atoms with Crippen LogP contribution in [0.1, 0.15) is 28.5 Å². The number of halogens is 1. The molecule has 0 spiro atoms. The zero-order valence-corrected chi connectivity index (χ0v) is 21.3. The summed E-state index contributed by atoms with van der Waals surface area (Å²) in [4.78, 5) is 30.8. The molecule has 1 fully saturated rings.